The number of carbonyl (C=O) groups is 1. The van der Waals surface area contributed by atoms with Crippen molar-refractivity contribution in [3.05, 3.63) is 59.3 Å². The van der Waals surface area contributed by atoms with Gasteiger partial charge in [-0.2, -0.15) is 0 Å². The van der Waals surface area contributed by atoms with E-state index in [0.29, 0.717) is 12.1 Å². The predicted molar refractivity (Wildman–Crippen MR) is 130 cm³/mol. The van der Waals surface area contributed by atoms with Crippen LogP contribution >= 0.6 is 0 Å². The van der Waals surface area contributed by atoms with E-state index in [1.54, 1.807) is 7.05 Å². The van der Waals surface area contributed by atoms with E-state index in [0.717, 1.165) is 68.6 Å². The largest absolute Gasteiger partial charge is 0.357 e. The van der Waals surface area contributed by atoms with Crippen molar-refractivity contribution >= 4 is 17.7 Å². The second-order valence-electron chi connectivity index (χ2n) is 7.96. The quantitative estimate of drug-likeness (QED) is 0.429. The Kier molecular flexibility index (Phi) is 8.86. The summed E-state index contributed by atoms with van der Waals surface area (Å²) >= 11 is 0. The normalized spacial score (nSPS) is 14.8. The number of carbonyl (C=O) groups excluding carboxylic acids is 1. The van der Waals surface area contributed by atoms with Crippen LogP contribution in [0.2, 0.25) is 0 Å². The predicted octanol–water partition coefficient (Wildman–Crippen LogP) is 1.49. The van der Waals surface area contributed by atoms with Gasteiger partial charge in [0.15, 0.2) is 5.96 Å². The van der Waals surface area contributed by atoms with E-state index in [2.05, 4.69) is 50.8 Å². The molecule has 0 unspecified atom stereocenters. The zero-order valence-electron chi connectivity index (χ0n) is 19.4. The smallest absolute Gasteiger partial charge is 0.251 e. The van der Waals surface area contributed by atoms with Gasteiger partial charge in [-0.3, -0.25) is 4.79 Å². The molecule has 1 fully saturated rings. The summed E-state index contributed by atoms with van der Waals surface area (Å²) in [5.74, 6) is 1.75. The summed E-state index contributed by atoms with van der Waals surface area (Å²) in [6.45, 7) is 8.29. The summed E-state index contributed by atoms with van der Waals surface area (Å²) in [6.07, 6.45) is 2.68. The van der Waals surface area contributed by atoms with Crippen LogP contribution in [0.25, 0.3) is 0 Å². The van der Waals surface area contributed by atoms with Crippen LogP contribution in [0.5, 0.6) is 0 Å². The average Bonchev–Trinajstić information content (AvgIpc) is 2.83. The number of amides is 1. The molecule has 3 N–H and O–H groups in total. The highest BCUT2D eigenvalue weighted by Gasteiger charge is 2.15. The zero-order chi connectivity index (χ0) is 22.8. The standard InChI is InChI=1S/C24H35N7O/c1-4-26-24(28-11-8-19-6-5-7-21(16-19)23(32)25-2)29-18-20-9-10-27-22(17-20)31-14-12-30(3)13-15-31/h5-7,9-10,16-17H,4,8,11-15,18H2,1-3H3,(H,25,32)(H2,26,28,29). The Labute approximate surface area is 191 Å². The van der Waals surface area contributed by atoms with Crippen LogP contribution in [-0.2, 0) is 13.0 Å². The third-order valence-electron chi connectivity index (χ3n) is 5.52. The number of rotatable bonds is 8. The second-order valence-corrected chi connectivity index (χ2v) is 7.96. The van der Waals surface area contributed by atoms with Crippen LogP contribution < -0.4 is 20.9 Å². The maximum Gasteiger partial charge on any atom is 0.251 e. The van der Waals surface area contributed by atoms with E-state index in [1.165, 1.54) is 0 Å². The minimum absolute atomic E-state index is 0.0667. The van der Waals surface area contributed by atoms with Crippen LogP contribution in [0.1, 0.15) is 28.4 Å². The first-order chi connectivity index (χ1) is 15.6. The van der Waals surface area contributed by atoms with Crippen molar-refractivity contribution in [3.8, 4) is 0 Å². The van der Waals surface area contributed by atoms with Crippen LogP contribution in [0.15, 0.2) is 47.6 Å². The van der Waals surface area contributed by atoms with Crippen LogP contribution in [-0.4, -0.2) is 75.1 Å². The van der Waals surface area contributed by atoms with Crippen LogP contribution in [0.4, 0.5) is 5.82 Å². The molecule has 8 nitrogen and oxygen atoms in total. The van der Waals surface area contributed by atoms with Gasteiger partial charge in [-0.15, -0.1) is 0 Å². The van der Waals surface area contributed by atoms with E-state index in [1.807, 2.05) is 36.5 Å². The van der Waals surface area contributed by atoms with Crippen molar-refractivity contribution in [2.45, 2.75) is 19.9 Å². The summed E-state index contributed by atoms with van der Waals surface area (Å²) in [5.41, 5.74) is 2.93. The maximum absolute atomic E-state index is 11.8. The molecule has 1 aromatic heterocycles. The van der Waals surface area contributed by atoms with Crippen molar-refractivity contribution < 1.29 is 4.79 Å². The van der Waals surface area contributed by atoms with Gasteiger partial charge in [0.25, 0.3) is 5.91 Å². The van der Waals surface area contributed by atoms with E-state index in [-0.39, 0.29) is 5.91 Å². The third-order valence-corrected chi connectivity index (χ3v) is 5.52. The molecule has 0 aliphatic carbocycles. The number of nitrogens with one attached hydrogen (secondary N) is 3. The number of anilines is 1. The number of aromatic nitrogens is 1. The minimum atomic E-state index is -0.0667. The van der Waals surface area contributed by atoms with Crippen molar-refractivity contribution in [1.82, 2.24) is 25.8 Å². The first-order valence-electron chi connectivity index (χ1n) is 11.3. The fourth-order valence-corrected chi connectivity index (χ4v) is 3.62. The highest BCUT2D eigenvalue weighted by Crippen LogP contribution is 2.15. The molecule has 1 aromatic carbocycles. The van der Waals surface area contributed by atoms with Crippen molar-refractivity contribution in [2.75, 3.05) is 58.3 Å². The summed E-state index contributed by atoms with van der Waals surface area (Å²) in [5, 5.41) is 9.36. The van der Waals surface area contributed by atoms with Gasteiger partial charge < -0.3 is 25.8 Å². The molecule has 0 radical (unpaired) electrons. The van der Waals surface area contributed by atoms with E-state index in [4.69, 9.17) is 4.99 Å². The van der Waals surface area contributed by atoms with Gasteiger partial charge in [0.1, 0.15) is 5.82 Å². The number of pyridine rings is 1. The number of hydrogen-bond acceptors (Lipinski definition) is 5. The number of likely N-dealkylation sites (N-methyl/N-ethyl adjacent to an activating group) is 1. The van der Waals surface area contributed by atoms with Gasteiger partial charge in [0, 0.05) is 58.1 Å². The Balaban J connectivity index is 1.56. The van der Waals surface area contributed by atoms with Crippen molar-refractivity contribution in [3.63, 3.8) is 0 Å². The third kappa shape index (κ3) is 6.95. The van der Waals surface area contributed by atoms with Gasteiger partial charge in [-0.25, -0.2) is 9.98 Å². The lowest BCUT2D eigenvalue weighted by atomic mass is 10.1. The summed E-state index contributed by atoms with van der Waals surface area (Å²) < 4.78 is 0. The maximum atomic E-state index is 11.8. The number of guanidine groups is 1. The van der Waals surface area contributed by atoms with Crippen molar-refractivity contribution in [1.29, 1.82) is 0 Å². The van der Waals surface area contributed by atoms with Gasteiger partial charge in [0.2, 0.25) is 0 Å². The molecule has 2 heterocycles. The fraction of sp³-hybridized carbons (Fsp3) is 0.458. The van der Waals surface area contributed by atoms with Gasteiger partial charge >= 0.3 is 0 Å². The number of benzene rings is 1. The van der Waals surface area contributed by atoms with Crippen LogP contribution in [0.3, 0.4) is 0 Å². The molecule has 2 aromatic rings. The first kappa shape index (κ1) is 23.5. The molecule has 3 rings (SSSR count). The number of piperazine rings is 1. The van der Waals surface area contributed by atoms with E-state index in [9.17, 15) is 4.79 Å². The van der Waals surface area contributed by atoms with E-state index >= 15 is 0 Å². The monoisotopic (exact) mass is 437 g/mol. The highest BCUT2D eigenvalue weighted by molar-refractivity contribution is 5.94. The fourth-order valence-electron chi connectivity index (χ4n) is 3.62. The number of hydrogen-bond donors (Lipinski definition) is 3. The molecular weight excluding hydrogens is 402 g/mol. The number of aliphatic imine (C=N–C) groups is 1. The molecule has 0 atom stereocenters. The van der Waals surface area contributed by atoms with E-state index < -0.39 is 0 Å². The SMILES string of the molecule is CCNC(=NCc1ccnc(N2CCN(C)CC2)c1)NCCc1cccc(C(=O)NC)c1. The minimum Gasteiger partial charge on any atom is -0.357 e. The zero-order valence-corrected chi connectivity index (χ0v) is 19.4. The Hall–Kier alpha value is -3.13. The van der Waals surface area contributed by atoms with Crippen LogP contribution in [0, 0.1) is 0 Å². The molecule has 0 saturated carbocycles. The number of nitrogens with zero attached hydrogens (tertiary/aromatic N) is 4. The highest BCUT2D eigenvalue weighted by atomic mass is 16.1. The molecule has 1 saturated heterocycles. The molecular formula is C24H35N7O. The molecule has 1 aliphatic heterocycles. The first-order valence-corrected chi connectivity index (χ1v) is 11.3. The lowest BCUT2D eigenvalue weighted by Gasteiger charge is -2.33. The summed E-state index contributed by atoms with van der Waals surface area (Å²) in [6, 6.07) is 11.9. The van der Waals surface area contributed by atoms with Gasteiger partial charge in [-0.05, 0) is 55.8 Å². The van der Waals surface area contributed by atoms with Gasteiger partial charge in [-0.1, -0.05) is 12.1 Å². The molecule has 1 amide bonds. The molecule has 1 aliphatic rings. The topological polar surface area (TPSA) is 84.9 Å². The lowest BCUT2D eigenvalue weighted by Crippen LogP contribution is -2.44. The Morgan fingerprint density at radius 1 is 1.09 bits per heavy atom. The van der Waals surface area contributed by atoms with Gasteiger partial charge in [0.05, 0.1) is 6.54 Å². The summed E-state index contributed by atoms with van der Waals surface area (Å²) in [7, 11) is 3.80. The average molecular weight is 438 g/mol. The molecule has 172 valence electrons. The molecule has 0 bridgehead atoms. The Bertz CT molecular complexity index is 907. The second kappa shape index (κ2) is 12.0. The summed E-state index contributed by atoms with van der Waals surface area (Å²) in [4.78, 5) is 25.8. The Morgan fingerprint density at radius 2 is 1.91 bits per heavy atom. The lowest BCUT2D eigenvalue weighted by molar-refractivity contribution is 0.0963. The molecule has 32 heavy (non-hydrogen) atoms. The molecule has 0 spiro atoms. The molecule has 8 heteroatoms. The van der Waals surface area contributed by atoms with Crippen molar-refractivity contribution in [2.24, 2.45) is 4.99 Å². The Morgan fingerprint density at radius 3 is 2.66 bits per heavy atom.